The van der Waals surface area contributed by atoms with E-state index < -0.39 is 0 Å². The molecule has 1 atom stereocenters. The maximum atomic E-state index is 3.55. The SMILES string of the molecule is Cc1ccc(C(C)Nc2ccc(CN(C)C)cc2)s1. The molecule has 0 aliphatic carbocycles. The second-order valence-corrected chi connectivity index (χ2v) is 6.57. The van der Waals surface area contributed by atoms with Crippen molar-refractivity contribution in [1.29, 1.82) is 0 Å². The maximum absolute atomic E-state index is 3.55. The molecule has 0 saturated carbocycles. The average molecular weight is 274 g/mol. The molecule has 0 aliphatic rings. The lowest BCUT2D eigenvalue weighted by molar-refractivity contribution is 0.402. The highest BCUT2D eigenvalue weighted by Crippen LogP contribution is 2.25. The zero-order chi connectivity index (χ0) is 13.8. The summed E-state index contributed by atoms with van der Waals surface area (Å²) in [4.78, 5) is 4.93. The van der Waals surface area contributed by atoms with Gasteiger partial charge in [0.25, 0.3) is 0 Å². The number of thiophene rings is 1. The summed E-state index contributed by atoms with van der Waals surface area (Å²) in [7, 11) is 4.18. The Kier molecular flexibility index (Phi) is 4.61. The summed E-state index contributed by atoms with van der Waals surface area (Å²) >= 11 is 1.86. The Morgan fingerprint density at radius 2 is 1.79 bits per heavy atom. The van der Waals surface area contributed by atoms with E-state index in [9.17, 15) is 0 Å². The van der Waals surface area contributed by atoms with Gasteiger partial charge in [-0.3, -0.25) is 0 Å². The standard InChI is InChI=1S/C16H22N2S/c1-12-5-10-16(19-12)13(2)17-15-8-6-14(7-9-15)11-18(3)4/h5-10,13,17H,11H2,1-4H3. The molecule has 3 heteroatoms. The van der Waals surface area contributed by atoms with Gasteiger partial charge in [-0.15, -0.1) is 11.3 Å². The fourth-order valence-corrected chi connectivity index (χ4v) is 2.96. The Balaban J connectivity index is 1.99. The Morgan fingerprint density at radius 3 is 2.32 bits per heavy atom. The Bertz CT molecular complexity index is 514. The second-order valence-electron chi connectivity index (χ2n) is 5.25. The smallest absolute Gasteiger partial charge is 0.0578 e. The molecule has 1 N–H and O–H groups in total. The molecule has 0 radical (unpaired) electrons. The molecule has 1 heterocycles. The quantitative estimate of drug-likeness (QED) is 0.875. The number of hydrogen-bond donors (Lipinski definition) is 1. The summed E-state index contributed by atoms with van der Waals surface area (Å²) in [6.45, 7) is 5.34. The minimum atomic E-state index is 0.360. The third kappa shape index (κ3) is 4.08. The molecule has 1 unspecified atom stereocenters. The molecule has 1 aromatic carbocycles. The first-order valence-corrected chi connectivity index (χ1v) is 7.43. The molecule has 0 bridgehead atoms. The molecule has 0 saturated heterocycles. The van der Waals surface area contributed by atoms with Gasteiger partial charge in [0.15, 0.2) is 0 Å². The van der Waals surface area contributed by atoms with Crippen molar-refractivity contribution in [3.8, 4) is 0 Å². The molecule has 2 rings (SSSR count). The van der Waals surface area contributed by atoms with Crippen molar-refractivity contribution in [2.45, 2.75) is 26.4 Å². The Morgan fingerprint density at radius 1 is 1.11 bits per heavy atom. The molecule has 1 aromatic heterocycles. The highest BCUT2D eigenvalue weighted by molar-refractivity contribution is 7.12. The lowest BCUT2D eigenvalue weighted by Gasteiger charge is -2.15. The molecule has 0 amide bonds. The van der Waals surface area contributed by atoms with Crippen molar-refractivity contribution in [2.75, 3.05) is 19.4 Å². The van der Waals surface area contributed by atoms with Crippen LogP contribution < -0.4 is 5.32 Å². The van der Waals surface area contributed by atoms with Crippen LogP contribution in [0.25, 0.3) is 0 Å². The van der Waals surface area contributed by atoms with Crippen molar-refractivity contribution in [1.82, 2.24) is 4.90 Å². The van der Waals surface area contributed by atoms with Crippen LogP contribution >= 0.6 is 11.3 Å². The lowest BCUT2D eigenvalue weighted by Crippen LogP contribution is -2.10. The summed E-state index contributed by atoms with van der Waals surface area (Å²) in [6.07, 6.45) is 0. The van der Waals surface area contributed by atoms with E-state index in [0.29, 0.717) is 6.04 Å². The van der Waals surface area contributed by atoms with Gasteiger partial charge in [-0.25, -0.2) is 0 Å². The third-order valence-electron chi connectivity index (χ3n) is 3.02. The van der Waals surface area contributed by atoms with Crippen LogP contribution in [-0.4, -0.2) is 19.0 Å². The number of nitrogens with zero attached hydrogens (tertiary/aromatic N) is 1. The van der Waals surface area contributed by atoms with Gasteiger partial charge in [-0.2, -0.15) is 0 Å². The van der Waals surface area contributed by atoms with Crippen LogP contribution in [0.3, 0.4) is 0 Å². The molecule has 102 valence electrons. The summed E-state index contributed by atoms with van der Waals surface area (Å²) < 4.78 is 0. The van der Waals surface area contributed by atoms with Crippen molar-refractivity contribution in [3.63, 3.8) is 0 Å². The predicted octanol–water partition coefficient (Wildman–Crippen LogP) is 4.29. The minimum Gasteiger partial charge on any atom is -0.378 e. The maximum Gasteiger partial charge on any atom is 0.0578 e. The van der Waals surface area contributed by atoms with E-state index in [1.54, 1.807) is 0 Å². The number of aryl methyl sites for hydroxylation is 1. The summed E-state index contributed by atoms with van der Waals surface area (Å²) in [5.41, 5.74) is 2.52. The van der Waals surface area contributed by atoms with Gasteiger partial charge in [0, 0.05) is 22.0 Å². The van der Waals surface area contributed by atoms with Gasteiger partial charge in [-0.05, 0) is 57.8 Å². The van der Waals surface area contributed by atoms with Crippen LogP contribution in [0.5, 0.6) is 0 Å². The van der Waals surface area contributed by atoms with E-state index in [1.807, 2.05) is 11.3 Å². The van der Waals surface area contributed by atoms with Gasteiger partial charge in [0.05, 0.1) is 6.04 Å². The molecule has 2 nitrogen and oxygen atoms in total. The summed E-state index contributed by atoms with van der Waals surface area (Å²) in [5, 5.41) is 3.55. The zero-order valence-corrected chi connectivity index (χ0v) is 12.9. The lowest BCUT2D eigenvalue weighted by atomic mass is 10.2. The minimum absolute atomic E-state index is 0.360. The number of rotatable bonds is 5. The predicted molar refractivity (Wildman–Crippen MR) is 84.9 cm³/mol. The molecule has 0 aliphatic heterocycles. The third-order valence-corrected chi connectivity index (χ3v) is 4.21. The van der Waals surface area contributed by atoms with E-state index >= 15 is 0 Å². The van der Waals surface area contributed by atoms with E-state index in [4.69, 9.17) is 0 Å². The first-order valence-electron chi connectivity index (χ1n) is 6.61. The monoisotopic (exact) mass is 274 g/mol. The first kappa shape index (κ1) is 14.1. The number of benzene rings is 1. The zero-order valence-electron chi connectivity index (χ0n) is 12.1. The second kappa shape index (κ2) is 6.22. The van der Waals surface area contributed by atoms with Crippen LogP contribution in [0, 0.1) is 6.92 Å². The molecular weight excluding hydrogens is 252 g/mol. The van der Waals surface area contributed by atoms with E-state index in [2.05, 4.69) is 74.6 Å². The highest BCUT2D eigenvalue weighted by Gasteiger charge is 2.07. The summed E-state index contributed by atoms with van der Waals surface area (Å²) in [5.74, 6) is 0. The van der Waals surface area contributed by atoms with Gasteiger partial charge < -0.3 is 10.2 Å². The van der Waals surface area contributed by atoms with Crippen molar-refractivity contribution >= 4 is 17.0 Å². The number of hydrogen-bond acceptors (Lipinski definition) is 3. The molecule has 0 spiro atoms. The molecular formula is C16H22N2S. The number of nitrogens with one attached hydrogen (secondary N) is 1. The Labute approximate surface area is 120 Å². The molecule has 0 fully saturated rings. The van der Waals surface area contributed by atoms with Crippen molar-refractivity contribution < 1.29 is 0 Å². The normalized spacial score (nSPS) is 12.7. The van der Waals surface area contributed by atoms with E-state index in [-0.39, 0.29) is 0 Å². The van der Waals surface area contributed by atoms with Crippen LogP contribution in [-0.2, 0) is 6.54 Å². The Hall–Kier alpha value is -1.32. The van der Waals surface area contributed by atoms with Crippen molar-refractivity contribution in [3.05, 3.63) is 51.7 Å². The summed E-state index contributed by atoms with van der Waals surface area (Å²) in [6, 6.07) is 13.4. The van der Waals surface area contributed by atoms with Gasteiger partial charge in [-0.1, -0.05) is 12.1 Å². The van der Waals surface area contributed by atoms with Crippen LogP contribution in [0.2, 0.25) is 0 Å². The van der Waals surface area contributed by atoms with Crippen LogP contribution in [0.1, 0.15) is 28.3 Å². The van der Waals surface area contributed by atoms with E-state index in [0.717, 1.165) is 6.54 Å². The fraction of sp³-hybridized carbons (Fsp3) is 0.375. The topological polar surface area (TPSA) is 15.3 Å². The van der Waals surface area contributed by atoms with E-state index in [1.165, 1.54) is 21.0 Å². The fourth-order valence-electron chi connectivity index (χ4n) is 2.08. The first-order chi connectivity index (χ1) is 9.04. The van der Waals surface area contributed by atoms with Gasteiger partial charge in [0.2, 0.25) is 0 Å². The number of anilines is 1. The average Bonchev–Trinajstić information content (AvgIpc) is 2.78. The van der Waals surface area contributed by atoms with Gasteiger partial charge in [0.1, 0.15) is 0 Å². The van der Waals surface area contributed by atoms with Crippen molar-refractivity contribution in [2.24, 2.45) is 0 Å². The highest BCUT2D eigenvalue weighted by atomic mass is 32.1. The largest absolute Gasteiger partial charge is 0.378 e. The van der Waals surface area contributed by atoms with Gasteiger partial charge >= 0.3 is 0 Å². The van der Waals surface area contributed by atoms with Crippen LogP contribution in [0.15, 0.2) is 36.4 Å². The molecule has 19 heavy (non-hydrogen) atoms. The van der Waals surface area contributed by atoms with Crippen LogP contribution in [0.4, 0.5) is 5.69 Å². The molecule has 2 aromatic rings.